The van der Waals surface area contributed by atoms with E-state index in [9.17, 15) is 9.59 Å². The van der Waals surface area contributed by atoms with Crippen LogP contribution in [0.4, 0.5) is 11.4 Å². The van der Waals surface area contributed by atoms with Crippen molar-refractivity contribution in [3.05, 3.63) is 64.9 Å². The van der Waals surface area contributed by atoms with Crippen LogP contribution in [0.2, 0.25) is 0 Å². The fraction of sp³-hybridized carbons (Fsp3) is 0.429. The van der Waals surface area contributed by atoms with E-state index >= 15 is 0 Å². The average Bonchev–Trinajstić information content (AvgIpc) is 3.42. The first-order valence-corrected chi connectivity index (χ1v) is 12.3. The molecule has 6 nitrogen and oxygen atoms in total. The van der Waals surface area contributed by atoms with Gasteiger partial charge >= 0.3 is 0 Å². The zero-order chi connectivity index (χ0) is 24.2. The van der Waals surface area contributed by atoms with Gasteiger partial charge in [0.15, 0.2) is 0 Å². The number of imide groups is 1. The lowest BCUT2D eigenvalue weighted by Crippen LogP contribution is -2.34. The van der Waals surface area contributed by atoms with E-state index in [1.807, 2.05) is 58.0 Å². The highest BCUT2D eigenvalue weighted by Gasteiger charge is 2.39. The van der Waals surface area contributed by atoms with Gasteiger partial charge < -0.3 is 15.0 Å². The number of nitrogens with zero attached hydrogens (tertiary/aromatic N) is 2. The number of benzene rings is 2. The largest absolute Gasteiger partial charge is 0.379 e. The van der Waals surface area contributed by atoms with Crippen LogP contribution in [-0.2, 0) is 14.3 Å². The minimum atomic E-state index is -0.286. The van der Waals surface area contributed by atoms with Gasteiger partial charge in [0.1, 0.15) is 5.70 Å². The molecule has 0 bridgehead atoms. The Hall–Kier alpha value is -3.12. The average molecular weight is 462 g/mol. The molecule has 2 aromatic carbocycles. The van der Waals surface area contributed by atoms with Gasteiger partial charge in [0.05, 0.1) is 11.7 Å². The van der Waals surface area contributed by atoms with E-state index in [2.05, 4.69) is 22.3 Å². The molecule has 0 saturated carbocycles. The van der Waals surface area contributed by atoms with Crippen molar-refractivity contribution >= 4 is 28.8 Å². The number of rotatable bonds is 9. The van der Waals surface area contributed by atoms with E-state index < -0.39 is 0 Å². The van der Waals surface area contributed by atoms with E-state index in [-0.39, 0.29) is 17.9 Å². The second-order valence-electron chi connectivity index (χ2n) is 9.45. The second-order valence-corrected chi connectivity index (χ2v) is 9.45. The Kier molecular flexibility index (Phi) is 7.37. The van der Waals surface area contributed by atoms with Crippen LogP contribution < -0.4 is 10.2 Å². The minimum Gasteiger partial charge on any atom is -0.379 e. The summed E-state index contributed by atoms with van der Waals surface area (Å²) in [5.74, 6) is -0.541. The summed E-state index contributed by atoms with van der Waals surface area (Å²) in [7, 11) is 0. The Labute approximate surface area is 202 Å². The Morgan fingerprint density at radius 2 is 1.65 bits per heavy atom. The van der Waals surface area contributed by atoms with E-state index in [4.69, 9.17) is 4.74 Å². The van der Waals surface area contributed by atoms with Crippen molar-refractivity contribution in [1.29, 1.82) is 0 Å². The van der Waals surface area contributed by atoms with E-state index in [0.717, 1.165) is 35.5 Å². The molecule has 0 atom stereocenters. The molecule has 0 unspecified atom stereocenters. The molecule has 6 heteroatoms. The van der Waals surface area contributed by atoms with Crippen LogP contribution in [-0.4, -0.2) is 49.1 Å². The summed E-state index contributed by atoms with van der Waals surface area (Å²) in [5, 5.41) is 3.28. The second kappa shape index (κ2) is 10.4. The summed E-state index contributed by atoms with van der Waals surface area (Å²) >= 11 is 0. The molecule has 1 N–H and O–H groups in total. The number of hydrogen-bond donors (Lipinski definition) is 1. The molecule has 2 aliphatic heterocycles. The highest BCUT2D eigenvalue weighted by Crippen LogP contribution is 2.32. The lowest BCUT2D eigenvalue weighted by atomic mass is 9.99. The normalized spacial score (nSPS) is 16.4. The molecule has 1 fully saturated rings. The van der Waals surface area contributed by atoms with E-state index in [1.54, 1.807) is 0 Å². The summed E-state index contributed by atoms with van der Waals surface area (Å²) in [6.45, 7) is 11.0. The third-order valence-corrected chi connectivity index (χ3v) is 6.55. The smallest absolute Gasteiger partial charge is 0.278 e. The zero-order valence-electron chi connectivity index (χ0n) is 20.7. The predicted octanol–water partition coefficient (Wildman–Crippen LogP) is 4.91. The maximum atomic E-state index is 13.4. The van der Waals surface area contributed by atoms with Crippen molar-refractivity contribution in [2.45, 2.75) is 53.1 Å². The first-order valence-electron chi connectivity index (χ1n) is 12.3. The van der Waals surface area contributed by atoms with Gasteiger partial charge in [-0.1, -0.05) is 18.2 Å². The highest BCUT2D eigenvalue weighted by atomic mass is 16.5. The van der Waals surface area contributed by atoms with Crippen LogP contribution >= 0.6 is 0 Å². The third-order valence-electron chi connectivity index (χ3n) is 6.55. The van der Waals surface area contributed by atoms with Crippen LogP contribution in [0.15, 0.2) is 48.2 Å². The Balaban J connectivity index is 1.60. The van der Waals surface area contributed by atoms with Crippen molar-refractivity contribution in [3.63, 3.8) is 0 Å². The molecule has 180 valence electrons. The monoisotopic (exact) mass is 461 g/mol. The Morgan fingerprint density at radius 3 is 2.29 bits per heavy atom. The van der Waals surface area contributed by atoms with Gasteiger partial charge in [0.25, 0.3) is 11.8 Å². The third kappa shape index (κ3) is 5.17. The Morgan fingerprint density at radius 1 is 0.941 bits per heavy atom. The lowest BCUT2D eigenvalue weighted by Gasteiger charge is -2.18. The molecular weight excluding hydrogens is 426 g/mol. The maximum Gasteiger partial charge on any atom is 0.278 e. The highest BCUT2D eigenvalue weighted by molar-refractivity contribution is 6.36. The molecular formula is C28H35N3O3. The number of anilines is 2. The molecule has 0 aromatic heterocycles. The number of ether oxygens (including phenoxy) is 1. The standard InChI is InChI=1S/C28H35N3O3/c1-19(2)34-17-7-16-31-27(32)25(22-9-8-20(3)21(4)18-22)26(28(31)33)29-23-10-12-24(13-11-23)30-14-5-6-15-30/h8-13,18-19,29H,5-7,14-17H2,1-4H3. The zero-order valence-corrected chi connectivity index (χ0v) is 20.7. The van der Waals surface area contributed by atoms with E-state index in [0.29, 0.717) is 30.8 Å². The molecule has 0 radical (unpaired) electrons. The van der Waals surface area contributed by atoms with Gasteiger partial charge in [-0.15, -0.1) is 0 Å². The van der Waals surface area contributed by atoms with Crippen molar-refractivity contribution < 1.29 is 14.3 Å². The number of nitrogens with one attached hydrogen (secondary N) is 1. The van der Waals surface area contributed by atoms with Gasteiger partial charge in [0.2, 0.25) is 0 Å². The first-order chi connectivity index (χ1) is 16.3. The molecule has 2 aliphatic rings. The summed E-state index contributed by atoms with van der Waals surface area (Å²) in [4.78, 5) is 30.5. The maximum absolute atomic E-state index is 13.4. The SMILES string of the molecule is Cc1ccc(C2=C(Nc3ccc(N4CCCC4)cc3)C(=O)N(CCCOC(C)C)C2=O)cc1C. The van der Waals surface area contributed by atoms with E-state index in [1.165, 1.54) is 23.4 Å². The molecule has 2 amide bonds. The summed E-state index contributed by atoms with van der Waals surface area (Å²) in [5.41, 5.74) is 5.75. The quantitative estimate of drug-likeness (QED) is 0.425. The molecule has 2 aromatic rings. The first kappa shape index (κ1) is 24.0. The van der Waals surface area contributed by atoms with Gasteiger partial charge in [0, 0.05) is 37.6 Å². The lowest BCUT2D eigenvalue weighted by molar-refractivity contribution is -0.137. The fourth-order valence-corrected chi connectivity index (χ4v) is 4.48. The molecule has 4 rings (SSSR count). The molecule has 1 saturated heterocycles. The Bertz CT molecular complexity index is 1080. The molecule has 0 aliphatic carbocycles. The predicted molar refractivity (Wildman–Crippen MR) is 137 cm³/mol. The summed E-state index contributed by atoms with van der Waals surface area (Å²) in [6, 6.07) is 14.0. The number of carbonyl (C=O) groups is 2. The number of hydrogen-bond acceptors (Lipinski definition) is 5. The van der Waals surface area contributed by atoms with Crippen molar-refractivity contribution in [2.24, 2.45) is 0 Å². The summed E-state index contributed by atoms with van der Waals surface area (Å²) in [6.07, 6.45) is 3.17. The van der Waals surface area contributed by atoms with Crippen LogP contribution in [0.5, 0.6) is 0 Å². The number of aryl methyl sites for hydroxylation is 2. The van der Waals surface area contributed by atoms with Crippen LogP contribution in [0, 0.1) is 13.8 Å². The van der Waals surface area contributed by atoms with Crippen molar-refractivity contribution in [3.8, 4) is 0 Å². The molecule has 34 heavy (non-hydrogen) atoms. The van der Waals surface area contributed by atoms with Crippen LogP contribution in [0.1, 0.15) is 49.8 Å². The van der Waals surface area contributed by atoms with Gasteiger partial charge in [-0.25, -0.2) is 0 Å². The van der Waals surface area contributed by atoms with Gasteiger partial charge in [-0.2, -0.15) is 0 Å². The van der Waals surface area contributed by atoms with Crippen LogP contribution in [0.3, 0.4) is 0 Å². The number of carbonyl (C=O) groups excluding carboxylic acids is 2. The van der Waals surface area contributed by atoms with Crippen molar-refractivity contribution in [2.75, 3.05) is 36.5 Å². The van der Waals surface area contributed by atoms with Crippen molar-refractivity contribution in [1.82, 2.24) is 4.90 Å². The van der Waals surface area contributed by atoms with Crippen LogP contribution in [0.25, 0.3) is 5.57 Å². The van der Waals surface area contributed by atoms with Gasteiger partial charge in [-0.05, 0) is 87.9 Å². The molecule has 0 spiro atoms. The topological polar surface area (TPSA) is 61.9 Å². The number of amides is 2. The summed E-state index contributed by atoms with van der Waals surface area (Å²) < 4.78 is 5.61. The van der Waals surface area contributed by atoms with Gasteiger partial charge in [-0.3, -0.25) is 14.5 Å². The molecule has 2 heterocycles. The fourth-order valence-electron chi connectivity index (χ4n) is 4.48. The minimum absolute atomic E-state index is 0.120.